The van der Waals surface area contributed by atoms with Crippen molar-refractivity contribution in [1.82, 2.24) is 5.32 Å². The molecule has 0 aliphatic heterocycles. The number of hydrogen-bond acceptors (Lipinski definition) is 5. The van der Waals surface area contributed by atoms with Gasteiger partial charge in [0.2, 0.25) is 0 Å². The van der Waals surface area contributed by atoms with Crippen molar-refractivity contribution in [2.45, 2.75) is 17.4 Å². The molecule has 0 fully saturated rings. The Morgan fingerprint density at radius 1 is 0.938 bits per heavy atom. The van der Waals surface area contributed by atoms with Crippen molar-refractivity contribution in [1.29, 1.82) is 0 Å². The SMILES string of the molecule is COC(=O)[C@H](Cc1ccccc1)NC(=O)c1ccc(S(=O)(=O)Nc2ccc(F)cc2)cc1. The van der Waals surface area contributed by atoms with E-state index in [0.717, 1.165) is 17.7 Å². The number of nitrogens with one attached hydrogen (secondary N) is 2. The molecule has 0 spiro atoms. The third kappa shape index (κ3) is 5.92. The summed E-state index contributed by atoms with van der Waals surface area (Å²) in [6.45, 7) is 0. The van der Waals surface area contributed by atoms with Gasteiger partial charge in [0.1, 0.15) is 11.9 Å². The predicted molar refractivity (Wildman–Crippen MR) is 117 cm³/mol. The average Bonchev–Trinajstić information content (AvgIpc) is 2.80. The van der Waals surface area contributed by atoms with Gasteiger partial charge in [-0.3, -0.25) is 9.52 Å². The summed E-state index contributed by atoms with van der Waals surface area (Å²) in [5.74, 6) is -1.63. The highest BCUT2D eigenvalue weighted by Gasteiger charge is 2.23. The summed E-state index contributed by atoms with van der Waals surface area (Å²) in [6.07, 6.45) is 0.243. The second-order valence-electron chi connectivity index (χ2n) is 6.88. The zero-order chi connectivity index (χ0) is 23.1. The van der Waals surface area contributed by atoms with Crippen LogP contribution in [0.5, 0.6) is 0 Å². The quantitative estimate of drug-likeness (QED) is 0.507. The molecule has 3 aromatic rings. The Kier molecular flexibility index (Phi) is 7.21. The summed E-state index contributed by atoms with van der Waals surface area (Å²) >= 11 is 0. The van der Waals surface area contributed by atoms with Crippen LogP contribution in [0.2, 0.25) is 0 Å². The molecule has 9 heteroatoms. The number of rotatable bonds is 8. The molecule has 0 unspecified atom stereocenters. The molecule has 0 aliphatic carbocycles. The third-order valence-corrected chi connectivity index (χ3v) is 5.99. The van der Waals surface area contributed by atoms with E-state index >= 15 is 0 Å². The molecular formula is C23H21FN2O5S. The van der Waals surface area contributed by atoms with E-state index < -0.39 is 33.8 Å². The fourth-order valence-corrected chi connectivity index (χ4v) is 4.00. The smallest absolute Gasteiger partial charge is 0.328 e. The number of carbonyl (C=O) groups excluding carboxylic acids is 2. The molecule has 0 radical (unpaired) electrons. The Hall–Kier alpha value is -3.72. The lowest BCUT2D eigenvalue weighted by atomic mass is 10.1. The van der Waals surface area contributed by atoms with Gasteiger partial charge in [-0.15, -0.1) is 0 Å². The van der Waals surface area contributed by atoms with E-state index in [1.807, 2.05) is 30.3 Å². The maximum Gasteiger partial charge on any atom is 0.328 e. The van der Waals surface area contributed by atoms with Gasteiger partial charge in [0.15, 0.2) is 0 Å². The molecule has 3 aromatic carbocycles. The van der Waals surface area contributed by atoms with Crippen LogP contribution in [0, 0.1) is 5.82 Å². The van der Waals surface area contributed by atoms with Crippen LogP contribution in [0.25, 0.3) is 0 Å². The molecule has 166 valence electrons. The monoisotopic (exact) mass is 456 g/mol. The molecule has 1 atom stereocenters. The summed E-state index contributed by atoms with van der Waals surface area (Å²) < 4.78 is 45.1. The highest BCUT2D eigenvalue weighted by molar-refractivity contribution is 7.92. The number of benzene rings is 3. The number of carbonyl (C=O) groups is 2. The molecule has 3 rings (SSSR count). The fourth-order valence-electron chi connectivity index (χ4n) is 2.94. The van der Waals surface area contributed by atoms with Crippen molar-refractivity contribution in [3.8, 4) is 0 Å². The normalized spacial score (nSPS) is 11.9. The Bertz CT molecular complexity index is 1180. The second-order valence-corrected chi connectivity index (χ2v) is 8.56. The summed E-state index contributed by atoms with van der Waals surface area (Å²) in [4.78, 5) is 24.7. The van der Waals surface area contributed by atoms with E-state index in [0.29, 0.717) is 0 Å². The molecular weight excluding hydrogens is 435 g/mol. The number of halogens is 1. The largest absolute Gasteiger partial charge is 0.467 e. The van der Waals surface area contributed by atoms with E-state index in [1.165, 1.54) is 43.5 Å². The minimum Gasteiger partial charge on any atom is -0.467 e. The van der Waals surface area contributed by atoms with Gasteiger partial charge in [-0.25, -0.2) is 17.6 Å². The van der Waals surface area contributed by atoms with Crippen molar-refractivity contribution in [3.63, 3.8) is 0 Å². The van der Waals surface area contributed by atoms with Crippen LogP contribution >= 0.6 is 0 Å². The standard InChI is InChI=1S/C23H21FN2O5S/c1-31-23(28)21(15-16-5-3-2-4-6-16)25-22(27)17-7-13-20(14-8-17)32(29,30)26-19-11-9-18(24)10-12-19/h2-14,21,26H,15H2,1H3,(H,25,27)/t21-/m0/s1. The Labute approximate surface area is 185 Å². The molecule has 0 saturated carbocycles. The van der Waals surface area contributed by atoms with Gasteiger partial charge >= 0.3 is 5.97 Å². The molecule has 1 amide bonds. The number of esters is 1. The van der Waals surface area contributed by atoms with Gasteiger partial charge in [-0.05, 0) is 54.1 Å². The topological polar surface area (TPSA) is 102 Å². The molecule has 2 N–H and O–H groups in total. The van der Waals surface area contributed by atoms with Crippen molar-refractivity contribution < 1.29 is 27.1 Å². The Morgan fingerprint density at radius 2 is 1.56 bits per heavy atom. The van der Waals surface area contributed by atoms with Gasteiger partial charge in [0, 0.05) is 17.7 Å². The van der Waals surface area contributed by atoms with Crippen LogP contribution in [-0.2, 0) is 26.0 Å². The van der Waals surface area contributed by atoms with Crippen LogP contribution in [-0.4, -0.2) is 33.4 Å². The van der Waals surface area contributed by atoms with E-state index in [-0.39, 0.29) is 22.6 Å². The van der Waals surface area contributed by atoms with Crippen molar-refractivity contribution >= 4 is 27.6 Å². The van der Waals surface area contributed by atoms with Crippen LogP contribution in [0.4, 0.5) is 10.1 Å². The summed E-state index contributed by atoms with van der Waals surface area (Å²) in [5.41, 5.74) is 1.22. The summed E-state index contributed by atoms with van der Waals surface area (Å²) in [6, 6.07) is 18.3. The van der Waals surface area contributed by atoms with Gasteiger partial charge in [0.25, 0.3) is 15.9 Å². The average molecular weight is 456 g/mol. The van der Waals surface area contributed by atoms with E-state index in [9.17, 15) is 22.4 Å². The van der Waals surface area contributed by atoms with Gasteiger partial charge in [0.05, 0.1) is 12.0 Å². The van der Waals surface area contributed by atoms with Crippen LogP contribution in [0.3, 0.4) is 0 Å². The maximum atomic E-state index is 13.0. The number of anilines is 1. The number of amides is 1. The first-order valence-electron chi connectivity index (χ1n) is 9.59. The Morgan fingerprint density at radius 3 is 2.16 bits per heavy atom. The minimum absolute atomic E-state index is 0.0767. The molecule has 0 aromatic heterocycles. The van der Waals surface area contributed by atoms with Crippen molar-refractivity contribution in [3.05, 3.63) is 95.8 Å². The number of hydrogen-bond donors (Lipinski definition) is 2. The van der Waals surface area contributed by atoms with Crippen LogP contribution in [0.1, 0.15) is 15.9 Å². The second kappa shape index (κ2) is 10.1. The molecule has 7 nitrogen and oxygen atoms in total. The molecule has 0 saturated heterocycles. The first kappa shape index (κ1) is 23.0. The summed E-state index contributed by atoms with van der Waals surface area (Å²) in [7, 11) is -2.69. The first-order valence-corrected chi connectivity index (χ1v) is 11.1. The predicted octanol–water partition coefficient (Wildman–Crippen LogP) is 3.14. The molecule has 0 heterocycles. The van der Waals surface area contributed by atoms with Crippen molar-refractivity contribution in [2.75, 3.05) is 11.8 Å². The zero-order valence-corrected chi connectivity index (χ0v) is 17.9. The van der Waals surface area contributed by atoms with Crippen molar-refractivity contribution in [2.24, 2.45) is 0 Å². The lowest BCUT2D eigenvalue weighted by Gasteiger charge is -2.17. The van der Waals surface area contributed by atoms with E-state index in [2.05, 4.69) is 10.0 Å². The zero-order valence-electron chi connectivity index (χ0n) is 17.1. The summed E-state index contributed by atoms with van der Waals surface area (Å²) in [5, 5.41) is 2.62. The lowest BCUT2D eigenvalue weighted by Crippen LogP contribution is -2.43. The Balaban J connectivity index is 1.71. The molecule has 32 heavy (non-hydrogen) atoms. The highest BCUT2D eigenvalue weighted by atomic mass is 32.2. The maximum absolute atomic E-state index is 13.0. The minimum atomic E-state index is -3.93. The van der Waals surface area contributed by atoms with Gasteiger partial charge in [-0.2, -0.15) is 0 Å². The lowest BCUT2D eigenvalue weighted by molar-refractivity contribution is -0.142. The number of sulfonamides is 1. The van der Waals surface area contributed by atoms with Crippen LogP contribution < -0.4 is 10.0 Å². The highest BCUT2D eigenvalue weighted by Crippen LogP contribution is 2.17. The van der Waals surface area contributed by atoms with Gasteiger partial charge < -0.3 is 10.1 Å². The molecule has 0 bridgehead atoms. The van der Waals surface area contributed by atoms with E-state index in [4.69, 9.17) is 4.74 Å². The van der Waals surface area contributed by atoms with Gasteiger partial charge in [-0.1, -0.05) is 30.3 Å². The fraction of sp³-hybridized carbons (Fsp3) is 0.130. The van der Waals surface area contributed by atoms with Crippen LogP contribution in [0.15, 0.2) is 83.8 Å². The first-order chi connectivity index (χ1) is 15.3. The molecule has 0 aliphatic rings. The van der Waals surface area contributed by atoms with E-state index in [1.54, 1.807) is 0 Å². The number of ether oxygens (including phenoxy) is 1. The number of methoxy groups -OCH3 is 1. The third-order valence-electron chi connectivity index (χ3n) is 4.60.